The van der Waals surface area contributed by atoms with Gasteiger partial charge in [0.15, 0.2) is 0 Å². The first kappa shape index (κ1) is 18.6. The zero-order valence-corrected chi connectivity index (χ0v) is 18.0. The molecular weight excluding hydrogens is 388 g/mol. The summed E-state index contributed by atoms with van der Waals surface area (Å²) < 4.78 is 0. The Morgan fingerprint density at radius 3 is 2.63 bits per heavy atom. The maximum Gasteiger partial charge on any atom is 0.0409 e. The molecule has 2 aliphatic carbocycles. The third kappa shape index (κ3) is 2.92. The van der Waals surface area contributed by atoms with Crippen LogP contribution >= 0.6 is 11.6 Å². The number of piperidine rings is 1. The van der Waals surface area contributed by atoms with E-state index in [2.05, 4.69) is 64.5 Å². The average Bonchev–Trinajstić information content (AvgIpc) is 3.27. The smallest absolute Gasteiger partial charge is 0.0409 e. The largest absolute Gasteiger partial charge is 0.302 e. The number of benzene rings is 2. The summed E-state index contributed by atoms with van der Waals surface area (Å²) in [6.07, 6.45) is 8.81. The van der Waals surface area contributed by atoms with Crippen molar-refractivity contribution in [2.75, 3.05) is 19.6 Å². The van der Waals surface area contributed by atoms with Gasteiger partial charge in [-0.2, -0.15) is 0 Å². The lowest BCUT2D eigenvalue weighted by Gasteiger charge is -2.40. The highest BCUT2D eigenvalue weighted by Gasteiger charge is 2.53. The highest BCUT2D eigenvalue weighted by Crippen LogP contribution is 2.60. The van der Waals surface area contributed by atoms with E-state index in [0.29, 0.717) is 5.92 Å². The van der Waals surface area contributed by atoms with Gasteiger partial charge in [0.1, 0.15) is 0 Å². The molecule has 2 heterocycles. The van der Waals surface area contributed by atoms with Crippen LogP contribution in [0.1, 0.15) is 53.0 Å². The Kier molecular flexibility index (Phi) is 4.47. The summed E-state index contributed by atoms with van der Waals surface area (Å²) in [7, 11) is 0. The second-order valence-corrected chi connectivity index (χ2v) is 9.88. The molecule has 1 saturated heterocycles. The van der Waals surface area contributed by atoms with Gasteiger partial charge in [0.25, 0.3) is 0 Å². The molecule has 0 N–H and O–H groups in total. The molecule has 0 saturated carbocycles. The van der Waals surface area contributed by atoms with Crippen LogP contribution in [0.4, 0.5) is 0 Å². The minimum atomic E-state index is 0.109. The van der Waals surface area contributed by atoms with Crippen molar-refractivity contribution in [3.8, 4) is 0 Å². The summed E-state index contributed by atoms with van der Waals surface area (Å²) in [6, 6.07) is 20.0. The molecule has 0 unspecified atom stereocenters. The summed E-state index contributed by atoms with van der Waals surface area (Å²) in [6.45, 7) is 3.50. The van der Waals surface area contributed by atoms with Crippen LogP contribution in [0.15, 0.2) is 67.0 Å². The highest BCUT2D eigenvalue weighted by atomic mass is 35.5. The molecule has 0 spiro atoms. The molecule has 2 aromatic carbocycles. The van der Waals surface area contributed by atoms with Crippen LogP contribution in [-0.4, -0.2) is 29.5 Å². The van der Waals surface area contributed by atoms with Gasteiger partial charge >= 0.3 is 0 Å². The first-order chi connectivity index (χ1) is 14.7. The van der Waals surface area contributed by atoms with Gasteiger partial charge in [0.2, 0.25) is 0 Å². The Labute approximate surface area is 183 Å². The second-order valence-electron chi connectivity index (χ2n) is 9.44. The van der Waals surface area contributed by atoms with Gasteiger partial charge in [-0.05, 0) is 90.7 Å². The summed E-state index contributed by atoms with van der Waals surface area (Å²) in [5.74, 6) is 1.31. The van der Waals surface area contributed by atoms with E-state index in [1.54, 1.807) is 11.1 Å². The molecule has 0 amide bonds. The molecule has 30 heavy (non-hydrogen) atoms. The van der Waals surface area contributed by atoms with Crippen molar-refractivity contribution >= 4 is 11.6 Å². The highest BCUT2D eigenvalue weighted by molar-refractivity contribution is 6.30. The Balaban J connectivity index is 1.24. The number of rotatable bonds is 4. The number of hydrogen-bond acceptors (Lipinski definition) is 2. The summed E-state index contributed by atoms with van der Waals surface area (Å²) >= 11 is 6.47. The van der Waals surface area contributed by atoms with E-state index in [-0.39, 0.29) is 5.41 Å². The summed E-state index contributed by atoms with van der Waals surface area (Å²) in [5, 5.41) is 0.869. The van der Waals surface area contributed by atoms with E-state index in [1.807, 2.05) is 12.4 Å². The minimum Gasteiger partial charge on any atom is -0.302 e. The molecule has 0 radical (unpaired) electrons. The normalized spacial score (nSPS) is 25.3. The van der Waals surface area contributed by atoms with Crippen molar-refractivity contribution in [1.82, 2.24) is 9.88 Å². The van der Waals surface area contributed by atoms with E-state index in [4.69, 9.17) is 11.6 Å². The predicted molar refractivity (Wildman–Crippen MR) is 122 cm³/mol. The molecule has 3 aliphatic rings. The van der Waals surface area contributed by atoms with Crippen molar-refractivity contribution in [2.45, 2.75) is 37.0 Å². The number of likely N-dealkylation sites (tertiary alicyclic amines) is 1. The second kappa shape index (κ2) is 7.21. The van der Waals surface area contributed by atoms with Crippen molar-refractivity contribution in [3.05, 3.63) is 99.8 Å². The lowest BCUT2D eigenvalue weighted by Crippen LogP contribution is -2.44. The van der Waals surface area contributed by atoms with Crippen LogP contribution in [-0.2, 0) is 11.8 Å². The molecule has 2 atom stereocenters. The topological polar surface area (TPSA) is 16.1 Å². The number of pyridine rings is 1. The van der Waals surface area contributed by atoms with E-state index in [9.17, 15) is 0 Å². The number of aromatic nitrogens is 1. The Morgan fingerprint density at radius 1 is 0.967 bits per heavy atom. The van der Waals surface area contributed by atoms with Gasteiger partial charge in [-0.15, -0.1) is 0 Å². The number of halogens is 1. The van der Waals surface area contributed by atoms with Gasteiger partial charge in [-0.25, -0.2) is 0 Å². The molecule has 1 aliphatic heterocycles. The van der Waals surface area contributed by atoms with Crippen molar-refractivity contribution in [3.63, 3.8) is 0 Å². The predicted octanol–water partition coefficient (Wildman–Crippen LogP) is 5.82. The van der Waals surface area contributed by atoms with Crippen molar-refractivity contribution in [1.29, 1.82) is 0 Å². The maximum atomic E-state index is 6.47. The minimum absolute atomic E-state index is 0.109. The summed E-state index contributed by atoms with van der Waals surface area (Å²) in [4.78, 5) is 7.00. The van der Waals surface area contributed by atoms with Crippen LogP contribution in [0.5, 0.6) is 0 Å². The lowest BCUT2D eigenvalue weighted by atomic mass is 9.74. The zero-order chi connectivity index (χ0) is 20.1. The lowest BCUT2D eigenvalue weighted by molar-refractivity contribution is 0.158. The van der Waals surface area contributed by atoms with Gasteiger partial charge in [0.05, 0.1) is 0 Å². The number of nitrogens with zero attached hydrogens (tertiary/aromatic N) is 2. The van der Waals surface area contributed by atoms with Gasteiger partial charge in [-0.3, -0.25) is 4.98 Å². The molecule has 152 valence electrons. The first-order valence-corrected chi connectivity index (χ1v) is 11.6. The quantitative estimate of drug-likeness (QED) is 0.534. The van der Waals surface area contributed by atoms with Crippen LogP contribution in [0, 0.1) is 5.92 Å². The zero-order valence-electron chi connectivity index (χ0n) is 17.2. The fraction of sp³-hybridized carbons (Fsp3) is 0.370. The van der Waals surface area contributed by atoms with E-state index in [0.717, 1.165) is 23.9 Å². The number of hydrogen-bond donors (Lipinski definition) is 0. The molecule has 1 aromatic heterocycles. The fourth-order valence-corrected chi connectivity index (χ4v) is 6.57. The first-order valence-electron chi connectivity index (χ1n) is 11.2. The van der Waals surface area contributed by atoms with Gasteiger partial charge in [-0.1, -0.05) is 48.0 Å². The molecular formula is C27H27ClN2. The Bertz CT molecular complexity index is 1070. The molecule has 3 aromatic rings. The van der Waals surface area contributed by atoms with Crippen LogP contribution < -0.4 is 0 Å². The van der Waals surface area contributed by atoms with E-state index < -0.39 is 0 Å². The summed E-state index contributed by atoms with van der Waals surface area (Å²) in [5.41, 5.74) is 7.56. The SMILES string of the molecule is Clc1ccc2c(c1)[C@]1(CN3CCC(Cc4cccnc4)CC3)C[C@H]2c2ccccc21. The van der Waals surface area contributed by atoms with Crippen LogP contribution in [0.25, 0.3) is 0 Å². The third-order valence-corrected chi connectivity index (χ3v) is 7.99. The van der Waals surface area contributed by atoms with Crippen molar-refractivity contribution < 1.29 is 0 Å². The Morgan fingerprint density at radius 2 is 1.80 bits per heavy atom. The Hall–Kier alpha value is -2.16. The molecule has 1 fully saturated rings. The molecule has 6 rings (SSSR count). The van der Waals surface area contributed by atoms with Crippen LogP contribution in [0.3, 0.4) is 0 Å². The molecule has 2 nitrogen and oxygen atoms in total. The third-order valence-electron chi connectivity index (χ3n) is 7.76. The number of fused-ring (bicyclic) bond motifs is 8. The maximum absolute atomic E-state index is 6.47. The monoisotopic (exact) mass is 414 g/mol. The molecule has 3 heteroatoms. The van der Waals surface area contributed by atoms with Crippen LogP contribution in [0.2, 0.25) is 5.02 Å². The molecule has 2 bridgehead atoms. The fourth-order valence-electron chi connectivity index (χ4n) is 6.40. The van der Waals surface area contributed by atoms with Gasteiger partial charge in [0, 0.05) is 35.3 Å². The van der Waals surface area contributed by atoms with E-state index in [1.165, 1.54) is 49.0 Å². The average molecular weight is 415 g/mol. The van der Waals surface area contributed by atoms with Crippen molar-refractivity contribution in [2.24, 2.45) is 5.92 Å². The van der Waals surface area contributed by atoms with Gasteiger partial charge < -0.3 is 4.90 Å². The van der Waals surface area contributed by atoms with E-state index >= 15 is 0 Å². The standard InChI is InChI=1S/C27H27ClN2/c28-21-7-8-23-24-16-27(26(23)15-21,25-6-2-1-5-22(24)25)18-30-12-9-19(10-13-30)14-20-4-3-11-29-17-20/h1-8,11,15,17,19,24H,9-10,12-14,16,18H2/t24-,27-/m0/s1.